The molecule has 0 aliphatic carbocycles. The summed E-state index contributed by atoms with van der Waals surface area (Å²) in [5.41, 5.74) is 0. The largest absolute Gasteiger partial charge is 0.462 e. The van der Waals surface area contributed by atoms with E-state index in [1.54, 1.807) is 16.7 Å². The number of amides is 1. The number of fused-ring (bicyclic) bond motifs is 1. The van der Waals surface area contributed by atoms with E-state index < -0.39 is 0 Å². The van der Waals surface area contributed by atoms with Crippen molar-refractivity contribution in [3.05, 3.63) is 0 Å². The maximum atomic E-state index is 11.0. The van der Waals surface area contributed by atoms with Gasteiger partial charge in [-0.15, -0.1) is 11.8 Å². The molecule has 0 aromatic heterocycles. The van der Waals surface area contributed by atoms with Crippen molar-refractivity contribution in [2.45, 2.75) is 17.9 Å². The van der Waals surface area contributed by atoms with E-state index in [1.807, 2.05) is 0 Å². The van der Waals surface area contributed by atoms with Crippen molar-refractivity contribution in [2.24, 2.45) is 0 Å². The van der Waals surface area contributed by atoms with Crippen molar-refractivity contribution in [3.8, 4) is 0 Å². The second-order valence-corrected chi connectivity index (χ2v) is 4.10. The minimum absolute atomic E-state index is 0.104. The molecule has 1 amide bonds. The van der Waals surface area contributed by atoms with Gasteiger partial charge < -0.3 is 9.64 Å². The fourth-order valence-corrected chi connectivity index (χ4v) is 2.71. The normalized spacial score (nSPS) is 33.7. The molecule has 2 saturated heterocycles. The molecule has 66 valence electrons. The standard InChI is InChI=1S/C7H9NO3S/c9-4-11-5-2-8-6(10)1-7(8)12-3-5/h4-5,7H,1-3H2/t5?,7-/m1/s1. The van der Waals surface area contributed by atoms with Gasteiger partial charge in [-0.3, -0.25) is 9.59 Å². The summed E-state index contributed by atoms with van der Waals surface area (Å²) in [7, 11) is 0. The van der Waals surface area contributed by atoms with Crippen molar-refractivity contribution in [1.82, 2.24) is 4.90 Å². The quantitative estimate of drug-likeness (QED) is 0.445. The van der Waals surface area contributed by atoms with Crippen LogP contribution in [0.15, 0.2) is 0 Å². The first kappa shape index (κ1) is 7.91. The number of rotatable bonds is 2. The Morgan fingerprint density at radius 3 is 3.17 bits per heavy atom. The van der Waals surface area contributed by atoms with Crippen LogP contribution in [0.25, 0.3) is 0 Å². The Morgan fingerprint density at radius 1 is 1.67 bits per heavy atom. The van der Waals surface area contributed by atoms with Crippen LogP contribution >= 0.6 is 11.8 Å². The third-order valence-electron chi connectivity index (χ3n) is 2.14. The average Bonchev–Trinajstić information content (AvgIpc) is 2.07. The molecule has 0 bridgehead atoms. The molecular formula is C7H9NO3S. The Hall–Kier alpha value is -0.710. The molecule has 5 heteroatoms. The van der Waals surface area contributed by atoms with Gasteiger partial charge in [-0.05, 0) is 0 Å². The summed E-state index contributed by atoms with van der Waals surface area (Å²) < 4.78 is 4.79. The summed E-state index contributed by atoms with van der Waals surface area (Å²) in [4.78, 5) is 22.8. The highest BCUT2D eigenvalue weighted by atomic mass is 32.2. The highest BCUT2D eigenvalue weighted by molar-refractivity contribution is 8.00. The van der Waals surface area contributed by atoms with Crippen LogP contribution in [0, 0.1) is 0 Å². The van der Waals surface area contributed by atoms with Crippen LogP contribution in [0.2, 0.25) is 0 Å². The van der Waals surface area contributed by atoms with Gasteiger partial charge in [0.15, 0.2) is 0 Å². The van der Waals surface area contributed by atoms with Crippen LogP contribution in [0.1, 0.15) is 6.42 Å². The first-order valence-corrected chi connectivity index (χ1v) is 4.86. The molecular weight excluding hydrogens is 178 g/mol. The van der Waals surface area contributed by atoms with Gasteiger partial charge in [-0.1, -0.05) is 0 Å². The lowest BCUT2D eigenvalue weighted by Gasteiger charge is -2.45. The van der Waals surface area contributed by atoms with Crippen LogP contribution in [0.4, 0.5) is 0 Å². The first-order valence-electron chi connectivity index (χ1n) is 3.81. The Labute approximate surface area is 74.2 Å². The van der Waals surface area contributed by atoms with Crippen molar-refractivity contribution in [1.29, 1.82) is 0 Å². The molecule has 0 radical (unpaired) electrons. The maximum absolute atomic E-state index is 11.0. The Balaban J connectivity index is 1.91. The van der Waals surface area contributed by atoms with Crippen LogP contribution in [-0.4, -0.2) is 41.1 Å². The number of carbonyl (C=O) groups is 2. The lowest BCUT2D eigenvalue weighted by Crippen LogP contribution is -2.57. The van der Waals surface area contributed by atoms with Crippen LogP contribution < -0.4 is 0 Å². The highest BCUT2D eigenvalue weighted by Gasteiger charge is 2.41. The number of hydrogen-bond acceptors (Lipinski definition) is 4. The predicted molar refractivity (Wildman–Crippen MR) is 43.5 cm³/mol. The second kappa shape index (κ2) is 2.97. The SMILES string of the molecule is O=COC1CS[C@@H]2CC(=O)N2C1. The van der Waals surface area contributed by atoms with E-state index in [4.69, 9.17) is 4.74 Å². The summed E-state index contributed by atoms with van der Waals surface area (Å²) in [6.45, 7) is 1.03. The van der Waals surface area contributed by atoms with E-state index in [1.165, 1.54) is 0 Å². The van der Waals surface area contributed by atoms with Gasteiger partial charge in [0.05, 0.1) is 18.3 Å². The van der Waals surface area contributed by atoms with Crippen molar-refractivity contribution >= 4 is 24.1 Å². The maximum Gasteiger partial charge on any atom is 0.293 e. The van der Waals surface area contributed by atoms with E-state index in [0.29, 0.717) is 24.8 Å². The van der Waals surface area contributed by atoms with Gasteiger partial charge in [0.1, 0.15) is 6.10 Å². The summed E-state index contributed by atoms with van der Waals surface area (Å²) >= 11 is 1.69. The number of β-lactam (4-membered cyclic amide) rings is 1. The highest BCUT2D eigenvalue weighted by Crippen LogP contribution is 2.34. The monoisotopic (exact) mass is 187 g/mol. The predicted octanol–water partition coefficient (Wildman–Crippen LogP) is -0.167. The molecule has 2 atom stereocenters. The number of ether oxygens (including phenoxy) is 1. The summed E-state index contributed by atoms with van der Waals surface area (Å²) in [6.07, 6.45) is 0.548. The number of carbonyl (C=O) groups excluding carboxylic acids is 2. The van der Waals surface area contributed by atoms with E-state index >= 15 is 0 Å². The molecule has 0 aromatic carbocycles. The molecule has 0 N–H and O–H groups in total. The fourth-order valence-electron chi connectivity index (χ4n) is 1.44. The molecule has 2 aliphatic rings. The van der Waals surface area contributed by atoms with Gasteiger partial charge in [0, 0.05) is 5.75 Å². The molecule has 12 heavy (non-hydrogen) atoms. The van der Waals surface area contributed by atoms with Crippen molar-refractivity contribution in [2.75, 3.05) is 12.3 Å². The van der Waals surface area contributed by atoms with Crippen molar-refractivity contribution in [3.63, 3.8) is 0 Å². The number of thioether (sulfide) groups is 1. The number of hydrogen-bond donors (Lipinski definition) is 0. The van der Waals surface area contributed by atoms with E-state index in [-0.39, 0.29) is 12.0 Å². The fraction of sp³-hybridized carbons (Fsp3) is 0.714. The lowest BCUT2D eigenvalue weighted by atomic mass is 10.1. The average molecular weight is 187 g/mol. The van der Waals surface area contributed by atoms with Gasteiger partial charge >= 0.3 is 0 Å². The topological polar surface area (TPSA) is 46.6 Å². The molecule has 2 fully saturated rings. The first-order chi connectivity index (χ1) is 5.81. The van der Waals surface area contributed by atoms with Crippen LogP contribution in [0.3, 0.4) is 0 Å². The molecule has 1 unspecified atom stereocenters. The van der Waals surface area contributed by atoms with Gasteiger partial charge in [-0.2, -0.15) is 0 Å². The smallest absolute Gasteiger partial charge is 0.293 e. The van der Waals surface area contributed by atoms with Crippen molar-refractivity contribution < 1.29 is 14.3 Å². The van der Waals surface area contributed by atoms with E-state index in [0.717, 1.165) is 5.75 Å². The van der Waals surface area contributed by atoms with Gasteiger partial charge in [0.2, 0.25) is 5.91 Å². The third-order valence-corrected chi connectivity index (χ3v) is 3.51. The van der Waals surface area contributed by atoms with E-state index in [9.17, 15) is 9.59 Å². The summed E-state index contributed by atoms with van der Waals surface area (Å²) in [6, 6.07) is 0. The zero-order valence-electron chi connectivity index (χ0n) is 6.43. The lowest BCUT2D eigenvalue weighted by molar-refractivity contribution is -0.148. The van der Waals surface area contributed by atoms with Gasteiger partial charge in [-0.25, -0.2) is 0 Å². The molecule has 4 nitrogen and oxygen atoms in total. The Bertz CT molecular complexity index is 221. The molecule has 2 aliphatic heterocycles. The molecule has 0 saturated carbocycles. The zero-order valence-corrected chi connectivity index (χ0v) is 7.25. The second-order valence-electron chi connectivity index (χ2n) is 2.89. The van der Waals surface area contributed by atoms with Crippen LogP contribution in [-0.2, 0) is 14.3 Å². The molecule has 2 rings (SSSR count). The third kappa shape index (κ3) is 1.18. The minimum Gasteiger partial charge on any atom is -0.462 e. The van der Waals surface area contributed by atoms with Gasteiger partial charge in [0.25, 0.3) is 6.47 Å². The Kier molecular flexibility index (Phi) is 1.96. The summed E-state index contributed by atoms with van der Waals surface area (Å²) in [5, 5.41) is 0.351. The summed E-state index contributed by atoms with van der Waals surface area (Å²) in [5.74, 6) is 0.986. The number of nitrogens with zero attached hydrogens (tertiary/aromatic N) is 1. The van der Waals surface area contributed by atoms with E-state index in [2.05, 4.69) is 0 Å². The Morgan fingerprint density at radius 2 is 2.50 bits per heavy atom. The molecule has 2 heterocycles. The van der Waals surface area contributed by atoms with Crippen LogP contribution in [0.5, 0.6) is 0 Å². The molecule has 0 aromatic rings. The minimum atomic E-state index is -0.104. The molecule has 0 spiro atoms. The zero-order chi connectivity index (χ0) is 8.55.